The van der Waals surface area contributed by atoms with Gasteiger partial charge in [-0.05, 0) is 38.7 Å². The standard InChI is InChI=1S/C35H49N3O9/c1-23(15-11-8-9-12-16-26-20-36-22-47-26)29(40)33(4,5)31(42)37-18-14-10-13-17-27(39)24(2)19-28(45-7)35(44)25(3)30(41)38(6)34(35)21-46-32(34)43/h8-15,17,20,22,24-25,27-29,39-40,44H,16,18-19,21H2,1-7H3,(H,37,42)/b11-8-,12-9+,14-10+,17-13+,23-15-/t24-,25+,27?,28+,29?,34?,35-/m1/s1. The molecule has 0 aromatic carbocycles. The first kappa shape index (κ1) is 37.6. The summed E-state index contributed by atoms with van der Waals surface area (Å²) in [5, 5.41) is 36.2. The number of rotatable bonds is 16. The maximum atomic E-state index is 12.9. The average Bonchev–Trinajstić information content (AvgIpc) is 3.62. The van der Waals surface area contributed by atoms with Crippen LogP contribution in [0.3, 0.4) is 0 Å². The number of allylic oxidation sites excluding steroid dienone is 7. The molecular weight excluding hydrogens is 606 g/mol. The molecule has 2 aliphatic heterocycles. The van der Waals surface area contributed by atoms with Crippen LogP contribution in [0.4, 0.5) is 0 Å². The number of carbonyl (C=O) groups excluding carboxylic acids is 3. The number of carbonyl (C=O) groups is 3. The number of aromatic nitrogens is 1. The third-order valence-corrected chi connectivity index (χ3v) is 9.45. The second-order valence-corrected chi connectivity index (χ2v) is 12.9. The molecule has 7 atom stereocenters. The molecule has 0 radical (unpaired) electrons. The van der Waals surface area contributed by atoms with E-state index in [0.717, 1.165) is 5.76 Å². The summed E-state index contributed by atoms with van der Waals surface area (Å²) >= 11 is 0. The number of esters is 1. The van der Waals surface area contributed by atoms with Gasteiger partial charge in [0.25, 0.3) is 0 Å². The second-order valence-electron chi connectivity index (χ2n) is 12.9. The minimum Gasteiger partial charge on any atom is -0.460 e. The normalized spacial score (nSPS) is 26.5. The zero-order valence-corrected chi connectivity index (χ0v) is 28.3. The van der Waals surface area contributed by atoms with Gasteiger partial charge in [0, 0.05) is 27.1 Å². The van der Waals surface area contributed by atoms with Gasteiger partial charge >= 0.3 is 5.97 Å². The molecule has 2 aliphatic rings. The van der Waals surface area contributed by atoms with Crippen molar-refractivity contribution in [2.24, 2.45) is 17.3 Å². The van der Waals surface area contributed by atoms with Crippen molar-refractivity contribution >= 4 is 17.8 Å². The molecule has 2 fully saturated rings. The van der Waals surface area contributed by atoms with Crippen LogP contribution in [0.15, 0.2) is 77.3 Å². The van der Waals surface area contributed by atoms with E-state index >= 15 is 0 Å². The number of amides is 2. The number of likely N-dealkylation sites (tertiary alicyclic amines) is 1. The maximum absolute atomic E-state index is 12.9. The minimum absolute atomic E-state index is 0.124. The molecule has 2 amide bonds. The molecule has 2 saturated heterocycles. The lowest BCUT2D eigenvalue weighted by Crippen LogP contribution is -2.76. The molecule has 12 heteroatoms. The van der Waals surface area contributed by atoms with Gasteiger partial charge in [0.15, 0.2) is 6.39 Å². The predicted molar refractivity (Wildman–Crippen MR) is 174 cm³/mol. The highest BCUT2D eigenvalue weighted by Gasteiger charge is 2.77. The molecule has 0 aliphatic carbocycles. The fourth-order valence-electron chi connectivity index (χ4n) is 6.11. The summed E-state index contributed by atoms with van der Waals surface area (Å²) in [7, 11) is 2.88. The molecule has 1 spiro atoms. The van der Waals surface area contributed by atoms with Crippen LogP contribution in [0.25, 0.3) is 0 Å². The highest BCUT2D eigenvalue weighted by Crippen LogP contribution is 2.51. The number of aliphatic hydroxyl groups excluding tert-OH is 2. The van der Waals surface area contributed by atoms with E-state index in [1.165, 1.54) is 25.5 Å². The third kappa shape index (κ3) is 7.67. The largest absolute Gasteiger partial charge is 0.460 e. The molecule has 1 aromatic heterocycles. The summed E-state index contributed by atoms with van der Waals surface area (Å²) in [5.74, 6) is -1.92. The summed E-state index contributed by atoms with van der Waals surface area (Å²) in [5.41, 5.74) is -3.80. The van der Waals surface area contributed by atoms with Crippen molar-refractivity contribution in [1.29, 1.82) is 0 Å². The first-order valence-electron chi connectivity index (χ1n) is 15.7. The number of likely N-dealkylation sites (N-methyl/N-ethyl adjacent to an activating group) is 1. The number of oxazole rings is 1. The maximum Gasteiger partial charge on any atom is 0.338 e. The Labute approximate surface area is 276 Å². The van der Waals surface area contributed by atoms with Crippen LogP contribution in [0, 0.1) is 17.3 Å². The molecule has 47 heavy (non-hydrogen) atoms. The van der Waals surface area contributed by atoms with Crippen LogP contribution in [-0.4, -0.2) is 99.7 Å². The topological polar surface area (TPSA) is 172 Å². The highest BCUT2D eigenvalue weighted by atomic mass is 16.6. The summed E-state index contributed by atoms with van der Waals surface area (Å²) in [6, 6.07) is 0. The van der Waals surface area contributed by atoms with Gasteiger partial charge in [0.1, 0.15) is 18.0 Å². The van der Waals surface area contributed by atoms with E-state index in [-0.39, 0.29) is 31.4 Å². The van der Waals surface area contributed by atoms with Crippen LogP contribution < -0.4 is 5.32 Å². The van der Waals surface area contributed by atoms with E-state index in [0.29, 0.717) is 12.0 Å². The number of hydrogen-bond donors (Lipinski definition) is 4. The first-order valence-corrected chi connectivity index (χ1v) is 15.7. The van der Waals surface area contributed by atoms with Gasteiger partial charge in [0.05, 0.1) is 35.8 Å². The Kier molecular flexibility index (Phi) is 12.7. The molecule has 0 saturated carbocycles. The van der Waals surface area contributed by atoms with Crippen molar-refractivity contribution in [2.45, 2.75) is 76.9 Å². The predicted octanol–water partition coefficient (Wildman–Crippen LogP) is 2.43. The lowest BCUT2D eigenvalue weighted by molar-refractivity contribution is -0.235. The molecule has 4 N–H and O–H groups in total. The van der Waals surface area contributed by atoms with Crippen molar-refractivity contribution < 1.29 is 43.6 Å². The van der Waals surface area contributed by atoms with E-state index in [1.54, 1.807) is 77.3 Å². The molecule has 3 heterocycles. The summed E-state index contributed by atoms with van der Waals surface area (Å²) in [6.07, 6.45) is 16.7. The van der Waals surface area contributed by atoms with Gasteiger partial charge in [-0.15, -0.1) is 0 Å². The molecule has 0 bridgehead atoms. The quantitative estimate of drug-likeness (QED) is 0.153. The Morgan fingerprint density at radius 3 is 2.51 bits per heavy atom. The molecule has 258 valence electrons. The Morgan fingerprint density at radius 2 is 1.91 bits per heavy atom. The van der Waals surface area contributed by atoms with E-state index in [9.17, 15) is 29.7 Å². The van der Waals surface area contributed by atoms with Gasteiger partial charge in [-0.25, -0.2) is 9.78 Å². The van der Waals surface area contributed by atoms with E-state index < -0.39 is 52.7 Å². The number of hydrogen-bond acceptors (Lipinski definition) is 10. The molecule has 1 aromatic rings. The van der Waals surface area contributed by atoms with Gasteiger partial charge in [0.2, 0.25) is 17.4 Å². The van der Waals surface area contributed by atoms with E-state index in [1.807, 2.05) is 18.2 Å². The van der Waals surface area contributed by atoms with Crippen molar-refractivity contribution in [3.63, 3.8) is 0 Å². The summed E-state index contributed by atoms with van der Waals surface area (Å²) in [6.45, 7) is 8.54. The van der Waals surface area contributed by atoms with Crippen LogP contribution in [0.1, 0.15) is 46.8 Å². The number of ether oxygens (including phenoxy) is 2. The SMILES string of the molecule is CO[C@@H](C[C@@H](C)C(O)/C=C/C=C/CNC(=O)C(C)(C)C(O)\C(C)=C/C=C\C=C\Cc1cnco1)[C@]1(O)[C@@H](C)C(=O)N(C)C12COC2=O. The van der Waals surface area contributed by atoms with Crippen molar-refractivity contribution in [3.8, 4) is 0 Å². The fourth-order valence-corrected chi connectivity index (χ4v) is 6.11. The fraction of sp³-hybridized carbons (Fsp3) is 0.543. The Hall–Kier alpha value is -3.84. The number of methoxy groups -OCH3 is 1. The van der Waals surface area contributed by atoms with Gasteiger partial charge < -0.3 is 39.4 Å². The Bertz CT molecular complexity index is 1400. The third-order valence-electron chi connectivity index (χ3n) is 9.45. The average molecular weight is 656 g/mol. The zero-order chi connectivity index (χ0) is 35.0. The van der Waals surface area contributed by atoms with Gasteiger partial charge in [-0.3, -0.25) is 9.59 Å². The number of nitrogens with zero attached hydrogens (tertiary/aromatic N) is 2. The van der Waals surface area contributed by atoms with Gasteiger partial charge in [-0.2, -0.15) is 0 Å². The smallest absolute Gasteiger partial charge is 0.338 e. The highest BCUT2D eigenvalue weighted by molar-refractivity contribution is 5.99. The van der Waals surface area contributed by atoms with Crippen LogP contribution in [-0.2, 0) is 30.3 Å². The first-order chi connectivity index (χ1) is 22.2. The monoisotopic (exact) mass is 655 g/mol. The van der Waals surface area contributed by atoms with Crippen molar-refractivity contribution in [1.82, 2.24) is 15.2 Å². The van der Waals surface area contributed by atoms with E-state index in [4.69, 9.17) is 13.9 Å². The number of aliphatic hydroxyl groups is 3. The molecule has 3 unspecified atom stereocenters. The lowest BCUT2D eigenvalue weighted by Gasteiger charge is -2.51. The summed E-state index contributed by atoms with van der Waals surface area (Å²) < 4.78 is 15.8. The van der Waals surface area contributed by atoms with Gasteiger partial charge in [-0.1, -0.05) is 68.5 Å². The van der Waals surface area contributed by atoms with Crippen LogP contribution >= 0.6 is 0 Å². The van der Waals surface area contributed by atoms with Crippen molar-refractivity contribution in [3.05, 3.63) is 78.6 Å². The van der Waals surface area contributed by atoms with Crippen LogP contribution in [0.5, 0.6) is 0 Å². The minimum atomic E-state index is -1.83. The van der Waals surface area contributed by atoms with Crippen LogP contribution in [0.2, 0.25) is 0 Å². The Morgan fingerprint density at radius 1 is 1.21 bits per heavy atom. The lowest BCUT2D eigenvalue weighted by atomic mass is 9.68. The molecule has 12 nitrogen and oxygen atoms in total. The number of cyclic esters (lactones) is 1. The molecule has 3 rings (SSSR count). The summed E-state index contributed by atoms with van der Waals surface area (Å²) in [4.78, 5) is 43.3. The van der Waals surface area contributed by atoms with E-state index in [2.05, 4.69) is 10.3 Å². The molecular formula is C35H49N3O9. The number of nitrogens with one attached hydrogen (secondary N) is 1. The zero-order valence-electron chi connectivity index (χ0n) is 28.3. The van der Waals surface area contributed by atoms with Crippen molar-refractivity contribution in [2.75, 3.05) is 27.3 Å². The second kappa shape index (κ2) is 15.8. The Balaban J connectivity index is 1.48.